The maximum Gasteiger partial charge on any atom is 0.0958 e. The van der Waals surface area contributed by atoms with Crippen molar-refractivity contribution in [2.24, 2.45) is 5.92 Å². The van der Waals surface area contributed by atoms with E-state index in [1.807, 2.05) is 11.3 Å². The van der Waals surface area contributed by atoms with Crippen LogP contribution in [0, 0.1) is 5.92 Å². The second-order valence-corrected chi connectivity index (χ2v) is 6.17. The van der Waals surface area contributed by atoms with Gasteiger partial charge in [0.05, 0.1) is 5.01 Å². The number of hydrogen-bond acceptors (Lipinski definition) is 2. The summed E-state index contributed by atoms with van der Waals surface area (Å²) in [5.74, 6) is 1.78. The number of aromatic nitrogens is 1. The minimum Gasteiger partial charge on any atom is -0.249 e. The zero-order valence-corrected chi connectivity index (χ0v) is 11.4. The molecule has 0 spiro atoms. The number of thiazole rings is 1. The van der Waals surface area contributed by atoms with Crippen molar-refractivity contribution in [3.63, 3.8) is 0 Å². The minimum atomic E-state index is 0.776. The number of hydrogen-bond donors (Lipinski definition) is 0. The lowest BCUT2D eigenvalue weighted by Crippen LogP contribution is -2.12. The van der Waals surface area contributed by atoms with Gasteiger partial charge in [-0.25, -0.2) is 4.98 Å². The molecule has 2 rings (SSSR count). The number of aryl methyl sites for hydroxylation is 1. The van der Waals surface area contributed by atoms with Crippen molar-refractivity contribution >= 4 is 11.3 Å². The van der Waals surface area contributed by atoms with Crippen molar-refractivity contribution in [1.29, 1.82) is 0 Å². The molecule has 1 nitrogen and oxygen atoms in total. The molecule has 0 radical (unpaired) electrons. The molecule has 1 saturated carbocycles. The van der Waals surface area contributed by atoms with E-state index in [0.717, 1.165) is 18.3 Å². The maximum absolute atomic E-state index is 4.60. The average Bonchev–Trinajstić information content (AvgIpc) is 2.79. The fourth-order valence-electron chi connectivity index (χ4n) is 2.78. The van der Waals surface area contributed by atoms with Crippen LogP contribution in [0.4, 0.5) is 0 Å². The summed E-state index contributed by atoms with van der Waals surface area (Å²) in [5, 5.41) is 1.41. The smallest absolute Gasteiger partial charge is 0.0958 e. The predicted octanol–water partition coefficient (Wildman–Crippen LogP) is 4.78. The lowest BCUT2D eigenvalue weighted by atomic mass is 9.80. The van der Waals surface area contributed by atoms with Crippen LogP contribution in [0.15, 0.2) is 6.20 Å². The van der Waals surface area contributed by atoms with Crippen LogP contribution in [-0.2, 0) is 6.42 Å². The van der Waals surface area contributed by atoms with Gasteiger partial charge in [0.25, 0.3) is 0 Å². The molecule has 1 aliphatic carbocycles. The Morgan fingerprint density at radius 2 is 2.00 bits per heavy atom. The Bertz CT molecular complexity index is 310. The molecule has 1 aliphatic rings. The van der Waals surface area contributed by atoms with Crippen molar-refractivity contribution in [3.05, 3.63) is 16.1 Å². The van der Waals surface area contributed by atoms with Crippen molar-refractivity contribution in [3.8, 4) is 0 Å². The van der Waals surface area contributed by atoms with E-state index in [0.29, 0.717) is 0 Å². The first-order valence-electron chi connectivity index (χ1n) is 6.78. The van der Waals surface area contributed by atoms with Crippen molar-refractivity contribution in [1.82, 2.24) is 4.98 Å². The van der Waals surface area contributed by atoms with Gasteiger partial charge in [0.1, 0.15) is 0 Å². The Morgan fingerprint density at radius 1 is 1.25 bits per heavy atom. The van der Waals surface area contributed by atoms with E-state index in [2.05, 4.69) is 25.0 Å². The second-order valence-electron chi connectivity index (χ2n) is 5.02. The van der Waals surface area contributed by atoms with Gasteiger partial charge < -0.3 is 0 Å². The highest BCUT2D eigenvalue weighted by Gasteiger charge is 2.23. The molecule has 0 aromatic carbocycles. The highest BCUT2D eigenvalue weighted by atomic mass is 32.1. The molecular weight excluding hydrogens is 214 g/mol. The van der Waals surface area contributed by atoms with Gasteiger partial charge in [-0.15, -0.1) is 11.3 Å². The molecule has 1 aromatic heterocycles. The molecule has 16 heavy (non-hydrogen) atoms. The maximum atomic E-state index is 4.60. The fourth-order valence-corrected chi connectivity index (χ4v) is 3.81. The van der Waals surface area contributed by atoms with Gasteiger partial charge in [-0.3, -0.25) is 0 Å². The highest BCUT2D eigenvalue weighted by Crippen LogP contribution is 2.38. The molecule has 1 fully saturated rings. The molecule has 0 atom stereocenters. The molecule has 2 heteroatoms. The highest BCUT2D eigenvalue weighted by molar-refractivity contribution is 7.11. The Labute approximate surface area is 103 Å². The van der Waals surface area contributed by atoms with Crippen LogP contribution in [0.1, 0.15) is 68.2 Å². The average molecular weight is 237 g/mol. The summed E-state index contributed by atoms with van der Waals surface area (Å²) >= 11 is 1.94. The molecule has 90 valence electrons. The molecule has 0 bridgehead atoms. The van der Waals surface area contributed by atoms with Crippen molar-refractivity contribution in [2.75, 3.05) is 0 Å². The van der Waals surface area contributed by atoms with E-state index < -0.39 is 0 Å². The summed E-state index contributed by atoms with van der Waals surface area (Å²) < 4.78 is 0. The molecule has 0 saturated heterocycles. The van der Waals surface area contributed by atoms with E-state index in [1.165, 1.54) is 48.4 Å². The first-order valence-corrected chi connectivity index (χ1v) is 7.59. The summed E-state index contributed by atoms with van der Waals surface area (Å²) in [5.41, 5.74) is 0. The first-order chi connectivity index (χ1) is 7.83. The number of nitrogens with zero attached hydrogens (tertiary/aromatic N) is 1. The zero-order valence-electron chi connectivity index (χ0n) is 10.5. The van der Waals surface area contributed by atoms with Crippen LogP contribution in [-0.4, -0.2) is 4.98 Å². The molecule has 0 unspecified atom stereocenters. The Kier molecular flexibility index (Phi) is 4.39. The van der Waals surface area contributed by atoms with Crippen LogP contribution < -0.4 is 0 Å². The van der Waals surface area contributed by atoms with Gasteiger partial charge >= 0.3 is 0 Å². The standard InChI is InChI=1S/C14H23NS/c1-3-5-11-6-8-12(9-7-11)14-15-10-13(4-2)16-14/h10-12H,3-9H2,1-2H3. The molecule has 0 aliphatic heterocycles. The summed E-state index contributed by atoms with van der Waals surface area (Å²) in [7, 11) is 0. The third-order valence-electron chi connectivity index (χ3n) is 3.81. The van der Waals surface area contributed by atoms with E-state index in [9.17, 15) is 0 Å². The minimum absolute atomic E-state index is 0.776. The Morgan fingerprint density at radius 3 is 2.56 bits per heavy atom. The SMILES string of the molecule is CCCC1CCC(c2ncc(CC)s2)CC1. The first kappa shape index (κ1) is 12.1. The van der Waals surface area contributed by atoms with Gasteiger partial charge in [0.2, 0.25) is 0 Å². The lowest BCUT2D eigenvalue weighted by molar-refractivity contribution is 0.308. The Balaban J connectivity index is 1.88. The third kappa shape index (κ3) is 2.85. The van der Waals surface area contributed by atoms with Gasteiger partial charge in [-0.05, 0) is 38.0 Å². The molecule has 1 aromatic rings. The van der Waals surface area contributed by atoms with E-state index in [1.54, 1.807) is 0 Å². The zero-order chi connectivity index (χ0) is 11.4. The topological polar surface area (TPSA) is 12.9 Å². The van der Waals surface area contributed by atoms with Crippen molar-refractivity contribution in [2.45, 2.75) is 64.7 Å². The van der Waals surface area contributed by atoms with Crippen LogP contribution in [0.25, 0.3) is 0 Å². The van der Waals surface area contributed by atoms with Crippen LogP contribution >= 0.6 is 11.3 Å². The number of rotatable bonds is 4. The van der Waals surface area contributed by atoms with Crippen LogP contribution in [0.5, 0.6) is 0 Å². The van der Waals surface area contributed by atoms with Gasteiger partial charge in [-0.1, -0.05) is 26.7 Å². The third-order valence-corrected chi connectivity index (χ3v) is 5.12. The van der Waals surface area contributed by atoms with E-state index >= 15 is 0 Å². The monoisotopic (exact) mass is 237 g/mol. The summed E-state index contributed by atoms with van der Waals surface area (Å²) in [6.45, 7) is 4.52. The fraction of sp³-hybridized carbons (Fsp3) is 0.786. The summed E-state index contributed by atoms with van der Waals surface area (Å²) in [6, 6.07) is 0. The van der Waals surface area contributed by atoms with Gasteiger partial charge in [-0.2, -0.15) is 0 Å². The second kappa shape index (κ2) is 5.81. The van der Waals surface area contributed by atoms with Crippen molar-refractivity contribution < 1.29 is 0 Å². The largest absolute Gasteiger partial charge is 0.249 e. The molecular formula is C14H23NS. The van der Waals surface area contributed by atoms with Gasteiger partial charge in [0.15, 0.2) is 0 Å². The summed E-state index contributed by atoms with van der Waals surface area (Å²) in [4.78, 5) is 6.05. The predicted molar refractivity (Wildman–Crippen MR) is 71.1 cm³/mol. The summed E-state index contributed by atoms with van der Waals surface area (Å²) in [6.07, 6.45) is 11.6. The molecule has 0 amide bonds. The Hall–Kier alpha value is -0.370. The van der Waals surface area contributed by atoms with E-state index in [-0.39, 0.29) is 0 Å². The van der Waals surface area contributed by atoms with Crippen LogP contribution in [0.2, 0.25) is 0 Å². The van der Waals surface area contributed by atoms with Crippen LogP contribution in [0.3, 0.4) is 0 Å². The normalized spacial score (nSPS) is 25.9. The van der Waals surface area contributed by atoms with E-state index in [4.69, 9.17) is 0 Å². The molecule has 1 heterocycles. The van der Waals surface area contributed by atoms with Gasteiger partial charge in [0, 0.05) is 17.0 Å². The lowest BCUT2D eigenvalue weighted by Gasteiger charge is -2.26. The quantitative estimate of drug-likeness (QED) is 0.734. The molecule has 0 N–H and O–H groups in total.